The highest BCUT2D eigenvalue weighted by Crippen LogP contribution is 2.09. The van der Waals surface area contributed by atoms with E-state index in [4.69, 9.17) is 0 Å². The summed E-state index contributed by atoms with van der Waals surface area (Å²) in [7, 11) is 0. The van der Waals surface area contributed by atoms with Crippen LogP contribution in [0.2, 0.25) is 0 Å². The minimum atomic E-state index is 0.543. The summed E-state index contributed by atoms with van der Waals surface area (Å²) in [5.74, 6) is 0. The molecule has 1 aromatic heterocycles. The average Bonchev–Trinajstić information content (AvgIpc) is 2.31. The van der Waals surface area contributed by atoms with Crippen molar-refractivity contribution in [2.45, 2.75) is 6.42 Å². The summed E-state index contributed by atoms with van der Waals surface area (Å²) in [5, 5.41) is 0. The molecule has 0 spiro atoms. The second-order valence-electron chi connectivity index (χ2n) is 3.26. The lowest BCUT2D eigenvalue weighted by Gasteiger charge is -2.02. The number of nitrogens with zero attached hydrogens (tertiary/aromatic N) is 1. The van der Waals surface area contributed by atoms with Crippen molar-refractivity contribution in [2.75, 3.05) is 0 Å². The first kappa shape index (κ1) is 9.59. The molecule has 2 rings (SSSR count). The largest absolute Gasteiger partial charge is 0.285 e. The molecule has 0 aliphatic carbocycles. The third-order valence-electron chi connectivity index (χ3n) is 2.21. The third-order valence-corrected chi connectivity index (χ3v) is 2.21. The zero-order valence-electron chi connectivity index (χ0n) is 8.18. The van der Waals surface area contributed by atoms with E-state index in [9.17, 15) is 4.79 Å². The maximum atomic E-state index is 10.7. The van der Waals surface area contributed by atoms with Crippen LogP contribution in [0.15, 0.2) is 48.7 Å². The second-order valence-corrected chi connectivity index (χ2v) is 3.26. The molecule has 0 unspecified atom stereocenters. The summed E-state index contributed by atoms with van der Waals surface area (Å²) in [6.45, 7) is 0. The molecule has 0 amide bonds. The molecule has 0 bridgehead atoms. The van der Waals surface area contributed by atoms with E-state index in [0.717, 1.165) is 11.3 Å². The molecule has 0 saturated carbocycles. The molecule has 0 fully saturated rings. The van der Waals surface area contributed by atoms with Gasteiger partial charge in [0.15, 0.2) is 0 Å². The molecule has 15 heavy (non-hydrogen) atoms. The maximum Gasteiger partial charge on any atom is 0.235 e. The van der Waals surface area contributed by atoms with E-state index in [-0.39, 0.29) is 0 Å². The second kappa shape index (κ2) is 4.51. The Hall–Kier alpha value is -1.96. The van der Waals surface area contributed by atoms with E-state index in [2.05, 4.69) is 4.98 Å². The molecule has 0 aliphatic rings. The summed E-state index contributed by atoms with van der Waals surface area (Å²) >= 11 is 0. The summed E-state index contributed by atoms with van der Waals surface area (Å²) in [5.41, 5.74) is 2.47. The summed E-state index contributed by atoms with van der Waals surface area (Å²) in [6.07, 6.45) is 4.27. The van der Waals surface area contributed by atoms with Gasteiger partial charge in [-0.1, -0.05) is 30.3 Å². The molecule has 1 radical (unpaired) electrons. The molecule has 2 aromatic rings. The highest BCUT2D eigenvalue weighted by Gasteiger charge is 2.03. The normalized spacial score (nSPS) is 9.87. The summed E-state index contributed by atoms with van der Waals surface area (Å²) in [6, 6.07) is 13.4. The van der Waals surface area contributed by atoms with Gasteiger partial charge in [0.05, 0.1) is 5.69 Å². The average molecular weight is 196 g/mol. The Balaban J connectivity index is 2.28. The quantitative estimate of drug-likeness (QED) is 0.752. The van der Waals surface area contributed by atoms with Crippen LogP contribution >= 0.6 is 0 Å². The fourth-order valence-corrected chi connectivity index (χ4v) is 1.46. The van der Waals surface area contributed by atoms with Crippen LogP contribution in [-0.4, -0.2) is 11.3 Å². The third kappa shape index (κ3) is 2.29. The molecule has 0 atom stereocenters. The van der Waals surface area contributed by atoms with Gasteiger partial charge < -0.3 is 0 Å². The standard InChI is InChI=1S/C13H10NO/c15-10-12-7-4-8-14-13(12)9-11-5-2-1-3-6-11/h1-8H,9H2. The Kier molecular flexibility index (Phi) is 2.88. The molecule has 0 saturated heterocycles. The predicted molar refractivity (Wildman–Crippen MR) is 58.3 cm³/mol. The number of benzene rings is 1. The SMILES string of the molecule is O=[C]c1cccnc1Cc1ccccc1. The lowest BCUT2D eigenvalue weighted by atomic mass is 10.1. The van der Waals surface area contributed by atoms with Gasteiger partial charge in [0.2, 0.25) is 6.29 Å². The number of hydrogen-bond acceptors (Lipinski definition) is 2. The Morgan fingerprint density at radius 3 is 2.60 bits per heavy atom. The molecular formula is C13H10NO. The van der Waals surface area contributed by atoms with E-state index in [1.807, 2.05) is 36.6 Å². The summed E-state index contributed by atoms with van der Waals surface area (Å²) in [4.78, 5) is 14.8. The van der Waals surface area contributed by atoms with E-state index >= 15 is 0 Å². The molecule has 2 heteroatoms. The van der Waals surface area contributed by atoms with Crippen molar-refractivity contribution < 1.29 is 4.79 Å². The van der Waals surface area contributed by atoms with Crippen molar-refractivity contribution >= 4 is 6.29 Å². The first-order valence-corrected chi connectivity index (χ1v) is 4.76. The van der Waals surface area contributed by atoms with Crippen LogP contribution in [0.5, 0.6) is 0 Å². The number of hydrogen-bond donors (Lipinski definition) is 0. The Morgan fingerprint density at radius 2 is 1.87 bits per heavy atom. The molecule has 1 heterocycles. The van der Waals surface area contributed by atoms with Crippen molar-refractivity contribution in [3.8, 4) is 0 Å². The Morgan fingerprint density at radius 1 is 1.07 bits per heavy atom. The van der Waals surface area contributed by atoms with Crippen LogP contribution < -0.4 is 0 Å². The van der Waals surface area contributed by atoms with E-state index < -0.39 is 0 Å². The lowest BCUT2D eigenvalue weighted by molar-refractivity contribution is 0.562. The first-order valence-electron chi connectivity index (χ1n) is 4.76. The van der Waals surface area contributed by atoms with Crippen LogP contribution in [0.1, 0.15) is 16.8 Å². The van der Waals surface area contributed by atoms with Crippen molar-refractivity contribution in [1.82, 2.24) is 4.98 Å². The fourth-order valence-electron chi connectivity index (χ4n) is 1.46. The minimum Gasteiger partial charge on any atom is -0.285 e. The van der Waals surface area contributed by atoms with Gasteiger partial charge in [0.1, 0.15) is 0 Å². The van der Waals surface area contributed by atoms with Crippen molar-refractivity contribution in [2.24, 2.45) is 0 Å². The molecule has 2 nitrogen and oxygen atoms in total. The minimum absolute atomic E-state index is 0.543. The number of carbonyl (C=O) groups excluding carboxylic acids is 1. The summed E-state index contributed by atoms with van der Waals surface area (Å²) < 4.78 is 0. The molecule has 0 N–H and O–H groups in total. The predicted octanol–water partition coefficient (Wildman–Crippen LogP) is 2.13. The Labute approximate surface area is 88.6 Å². The van der Waals surface area contributed by atoms with E-state index in [1.165, 1.54) is 0 Å². The molecule has 73 valence electrons. The van der Waals surface area contributed by atoms with Gasteiger partial charge in [0, 0.05) is 18.2 Å². The van der Waals surface area contributed by atoms with Gasteiger partial charge in [-0.3, -0.25) is 9.78 Å². The van der Waals surface area contributed by atoms with Crippen molar-refractivity contribution in [1.29, 1.82) is 0 Å². The van der Waals surface area contributed by atoms with Crippen LogP contribution in [0.4, 0.5) is 0 Å². The first-order chi connectivity index (χ1) is 7.40. The van der Waals surface area contributed by atoms with Gasteiger partial charge >= 0.3 is 0 Å². The van der Waals surface area contributed by atoms with Gasteiger partial charge in [0.25, 0.3) is 0 Å². The van der Waals surface area contributed by atoms with E-state index in [1.54, 1.807) is 18.3 Å². The van der Waals surface area contributed by atoms with Crippen molar-refractivity contribution in [3.05, 3.63) is 65.5 Å². The van der Waals surface area contributed by atoms with Crippen molar-refractivity contribution in [3.63, 3.8) is 0 Å². The number of aromatic nitrogens is 1. The fraction of sp³-hybridized carbons (Fsp3) is 0.0769. The maximum absolute atomic E-state index is 10.7. The van der Waals surface area contributed by atoms with Crippen LogP contribution in [-0.2, 0) is 11.2 Å². The monoisotopic (exact) mass is 196 g/mol. The van der Waals surface area contributed by atoms with Gasteiger partial charge in [-0.15, -0.1) is 0 Å². The van der Waals surface area contributed by atoms with Crippen LogP contribution in [0.25, 0.3) is 0 Å². The zero-order chi connectivity index (χ0) is 10.5. The van der Waals surface area contributed by atoms with Crippen LogP contribution in [0, 0.1) is 0 Å². The molecule has 0 aliphatic heterocycles. The number of rotatable bonds is 3. The topological polar surface area (TPSA) is 30.0 Å². The van der Waals surface area contributed by atoms with E-state index in [0.29, 0.717) is 12.0 Å². The Bertz CT molecular complexity index is 451. The van der Waals surface area contributed by atoms with Gasteiger partial charge in [-0.2, -0.15) is 0 Å². The number of pyridine rings is 1. The highest BCUT2D eigenvalue weighted by molar-refractivity contribution is 5.76. The smallest absolute Gasteiger partial charge is 0.235 e. The van der Waals surface area contributed by atoms with Gasteiger partial charge in [-0.05, 0) is 17.7 Å². The molecular weight excluding hydrogens is 186 g/mol. The van der Waals surface area contributed by atoms with Crippen LogP contribution in [0.3, 0.4) is 0 Å². The van der Waals surface area contributed by atoms with Gasteiger partial charge in [-0.25, -0.2) is 0 Å². The lowest BCUT2D eigenvalue weighted by Crippen LogP contribution is -1.97. The zero-order valence-corrected chi connectivity index (χ0v) is 8.18. The highest BCUT2D eigenvalue weighted by atomic mass is 16.1. The molecule has 1 aromatic carbocycles.